The van der Waals surface area contributed by atoms with E-state index in [9.17, 15) is 4.79 Å². The van der Waals surface area contributed by atoms with E-state index in [0.717, 1.165) is 19.3 Å². The molecule has 0 saturated heterocycles. The molecule has 2 nitrogen and oxygen atoms in total. The molecule has 0 aromatic heterocycles. The molecule has 2 radical (unpaired) electrons. The molecule has 0 aromatic rings. The average molecular weight is 393 g/mol. The third kappa shape index (κ3) is 14.6. The van der Waals surface area contributed by atoms with E-state index >= 15 is 0 Å². The summed E-state index contributed by atoms with van der Waals surface area (Å²) in [7, 11) is 0. The zero-order chi connectivity index (χ0) is 9.94. The van der Waals surface area contributed by atoms with Crippen molar-refractivity contribution in [3.63, 3.8) is 0 Å². The van der Waals surface area contributed by atoms with Crippen LogP contribution in [0.2, 0.25) is 0 Å². The molecule has 0 aliphatic rings. The summed E-state index contributed by atoms with van der Waals surface area (Å²) < 4.78 is 0. The minimum absolute atomic E-state index is 0. The average Bonchev–Trinajstić information content (AvgIpc) is 2.09. The molecule has 0 spiro atoms. The van der Waals surface area contributed by atoms with Gasteiger partial charge in [0.2, 0.25) is 0 Å². The fourth-order valence-electron chi connectivity index (χ4n) is 1.27. The van der Waals surface area contributed by atoms with Crippen LogP contribution in [0.25, 0.3) is 0 Å². The maximum atomic E-state index is 10.2. The van der Waals surface area contributed by atoms with Crippen molar-refractivity contribution in [3.05, 3.63) is 12.7 Å². The van der Waals surface area contributed by atoms with Crippen molar-refractivity contribution in [2.24, 2.45) is 0 Å². The van der Waals surface area contributed by atoms with E-state index in [4.69, 9.17) is 5.11 Å². The second kappa shape index (κ2) is 13.1. The molecule has 0 aromatic carbocycles. The Hall–Kier alpha value is 0.132. The van der Waals surface area contributed by atoms with Crippen molar-refractivity contribution >= 4 is 33.3 Å². The van der Waals surface area contributed by atoms with Gasteiger partial charge in [0.1, 0.15) is 0 Å². The van der Waals surface area contributed by atoms with Gasteiger partial charge in [0.25, 0.3) is 0 Å². The Morgan fingerprint density at radius 2 is 1.57 bits per heavy atom. The van der Waals surface area contributed by atoms with Crippen LogP contribution < -0.4 is 0 Å². The van der Waals surface area contributed by atoms with Gasteiger partial charge < -0.3 is 5.11 Å². The molecule has 1 N–H and O–H groups in total. The maximum absolute atomic E-state index is 10.2. The first kappa shape index (κ1) is 16.6. The van der Waals surface area contributed by atoms with Crippen molar-refractivity contribution in [1.29, 1.82) is 0 Å². The number of allylic oxidation sites excluding steroid dienone is 1. The molecule has 0 unspecified atom stereocenters. The van der Waals surface area contributed by atoms with E-state index in [1.807, 2.05) is 6.08 Å². The van der Waals surface area contributed by atoms with Crippen LogP contribution in [-0.2, 0) is 4.79 Å². The molecule has 0 saturated carbocycles. The van der Waals surface area contributed by atoms with Gasteiger partial charge in [-0.05, 0) is 19.3 Å². The van der Waals surface area contributed by atoms with E-state index in [0.29, 0.717) is 6.42 Å². The summed E-state index contributed by atoms with van der Waals surface area (Å²) >= 11 is 0. The Morgan fingerprint density at radius 3 is 2.07 bits per heavy atom. The summed E-state index contributed by atoms with van der Waals surface area (Å²) in [5.41, 5.74) is 0. The molecule has 0 rings (SSSR count). The quantitative estimate of drug-likeness (QED) is 0.371. The zero-order valence-corrected chi connectivity index (χ0v) is 14.5. The van der Waals surface area contributed by atoms with Crippen LogP contribution >= 0.6 is 0 Å². The van der Waals surface area contributed by atoms with Gasteiger partial charge in [-0.3, -0.25) is 4.79 Å². The number of carbonyl (C=O) groups is 1. The van der Waals surface area contributed by atoms with E-state index in [1.165, 1.54) is 25.7 Å². The molecular weight excluding hydrogens is 371 g/mol. The summed E-state index contributed by atoms with van der Waals surface area (Å²) in [5, 5.41) is 8.38. The van der Waals surface area contributed by atoms with Crippen LogP contribution in [0, 0.1) is 0 Å². The van der Waals surface area contributed by atoms with Crippen LogP contribution in [0.5, 0.6) is 0 Å². The van der Waals surface area contributed by atoms with E-state index in [2.05, 4.69) is 6.58 Å². The topological polar surface area (TPSA) is 37.3 Å². The van der Waals surface area contributed by atoms with Crippen molar-refractivity contribution in [1.82, 2.24) is 0 Å². The van der Waals surface area contributed by atoms with Crippen LogP contribution in [0.1, 0.15) is 51.4 Å². The Bertz CT molecular complexity index is 146. The van der Waals surface area contributed by atoms with Crippen LogP contribution in [0.3, 0.4) is 0 Å². The first-order valence-electron chi connectivity index (χ1n) is 5.10. The van der Waals surface area contributed by atoms with Gasteiger partial charge >= 0.3 is 33.3 Å². The molecule has 82 valence electrons. The number of carboxylic acid groups (broad SMARTS) is 1. The van der Waals surface area contributed by atoms with Gasteiger partial charge in [0.15, 0.2) is 0 Å². The molecule has 14 heavy (non-hydrogen) atoms. The van der Waals surface area contributed by atoms with Crippen LogP contribution in [0.4, 0.5) is 0 Å². The number of hydrogen-bond acceptors (Lipinski definition) is 1. The summed E-state index contributed by atoms with van der Waals surface area (Å²) in [6, 6.07) is 0. The van der Waals surface area contributed by atoms with Crippen molar-refractivity contribution < 1.29 is 9.90 Å². The number of carboxylic acids is 1. The standard InChI is InChI=1S/C11H20O2.Pb.2H/c1-2-3-4-5-6-7-8-9-10-11(12)13;;;/h2H,1,3-10H2,(H,12,13);;;. The van der Waals surface area contributed by atoms with Crippen LogP contribution in [-0.4, -0.2) is 38.4 Å². The summed E-state index contributed by atoms with van der Waals surface area (Å²) in [5.74, 6) is -0.674. The van der Waals surface area contributed by atoms with E-state index < -0.39 is 5.97 Å². The van der Waals surface area contributed by atoms with Gasteiger partial charge in [-0.2, -0.15) is 0 Å². The van der Waals surface area contributed by atoms with Gasteiger partial charge in [-0.15, -0.1) is 6.58 Å². The number of hydrogen-bond donors (Lipinski definition) is 1. The summed E-state index contributed by atoms with van der Waals surface area (Å²) in [6.45, 7) is 3.66. The third-order valence-corrected chi connectivity index (χ3v) is 2.05. The van der Waals surface area contributed by atoms with Crippen molar-refractivity contribution in [2.75, 3.05) is 0 Å². The Labute approximate surface area is 107 Å². The number of rotatable bonds is 9. The first-order chi connectivity index (χ1) is 6.27. The molecule has 0 atom stereocenters. The second-order valence-corrected chi connectivity index (χ2v) is 3.34. The molecule has 0 amide bonds. The van der Waals surface area contributed by atoms with Gasteiger partial charge in [-0.1, -0.05) is 31.8 Å². The molecular formula is C11H22O2Pb. The molecule has 0 aliphatic heterocycles. The third-order valence-electron chi connectivity index (χ3n) is 2.05. The predicted molar refractivity (Wildman–Crippen MR) is 63.3 cm³/mol. The van der Waals surface area contributed by atoms with Gasteiger partial charge in [0, 0.05) is 6.42 Å². The number of unbranched alkanes of at least 4 members (excludes halogenated alkanes) is 6. The van der Waals surface area contributed by atoms with Crippen LogP contribution in [0.15, 0.2) is 12.7 Å². The minimum atomic E-state index is -0.674. The van der Waals surface area contributed by atoms with Gasteiger partial charge in [0.05, 0.1) is 0 Å². The monoisotopic (exact) mass is 394 g/mol. The number of aliphatic carboxylic acids is 1. The van der Waals surface area contributed by atoms with Crippen molar-refractivity contribution in [3.8, 4) is 0 Å². The summed E-state index contributed by atoms with van der Waals surface area (Å²) in [4.78, 5) is 10.2. The Balaban J connectivity index is 0. The van der Waals surface area contributed by atoms with E-state index in [1.54, 1.807) is 0 Å². The summed E-state index contributed by atoms with van der Waals surface area (Å²) in [6.07, 6.45) is 10.1. The molecule has 0 fully saturated rings. The zero-order valence-electron chi connectivity index (χ0n) is 9.00. The Kier molecular flexibility index (Phi) is 15.5. The predicted octanol–water partition coefficient (Wildman–Crippen LogP) is 2.46. The normalized spacial score (nSPS) is 9.14. The Morgan fingerprint density at radius 1 is 1.07 bits per heavy atom. The SMILES string of the molecule is C=CCCCCCCCCC(=O)O.[PbH2]. The van der Waals surface area contributed by atoms with E-state index in [-0.39, 0.29) is 27.3 Å². The molecule has 0 aliphatic carbocycles. The molecule has 0 bridgehead atoms. The first-order valence-corrected chi connectivity index (χ1v) is 5.10. The molecule has 3 heteroatoms. The second-order valence-electron chi connectivity index (χ2n) is 3.34. The van der Waals surface area contributed by atoms with Gasteiger partial charge in [-0.25, -0.2) is 0 Å². The fraction of sp³-hybridized carbons (Fsp3) is 0.727. The fourth-order valence-corrected chi connectivity index (χ4v) is 1.27. The van der Waals surface area contributed by atoms with Crippen molar-refractivity contribution in [2.45, 2.75) is 51.4 Å². The molecule has 0 heterocycles.